The number of halogens is 4. The number of alkyl halides is 3. The zero-order valence-electron chi connectivity index (χ0n) is 9.78. The monoisotopic (exact) mass is 340 g/mol. The molecule has 2 heterocycles. The minimum atomic E-state index is -4.45. The first-order valence-electron chi connectivity index (χ1n) is 5.52. The summed E-state index contributed by atoms with van der Waals surface area (Å²) in [6.07, 6.45) is -4.45. The molecule has 1 fully saturated rings. The number of aromatic nitrogens is 1. The first-order valence-corrected chi connectivity index (χ1v) is 6.31. The lowest BCUT2D eigenvalue weighted by Gasteiger charge is -2.48. The molecule has 1 aromatic heterocycles. The lowest BCUT2D eigenvalue weighted by atomic mass is 9.81. The molecule has 1 aromatic rings. The third-order valence-electron chi connectivity index (χ3n) is 3.19. The Morgan fingerprint density at radius 3 is 2.26 bits per heavy atom. The summed E-state index contributed by atoms with van der Waals surface area (Å²) in [6, 6.07) is 2.25. The van der Waals surface area contributed by atoms with Gasteiger partial charge >= 0.3 is 6.18 Å². The molecule has 4 nitrogen and oxygen atoms in total. The van der Waals surface area contributed by atoms with Crippen LogP contribution < -0.4 is 4.90 Å². The Kier molecular flexibility index (Phi) is 3.76. The highest BCUT2D eigenvalue weighted by atomic mass is 79.9. The minimum Gasteiger partial charge on any atom is -0.396 e. The SMILES string of the molecule is OCC1(CO)CN(c2ccc(C(F)(F)F)c(Br)n2)C1. The van der Waals surface area contributed by atoms with Gasteiger partial charge in [0, 0.05) is 13.1 Å². The third-order valence-corrected chi connectivity index (χ3v) is 3.79. The zero-order chi connectivity index (χ0) is 14.3. The quantitative estimate of drug-likeness (QED) is 0.821. The molecule has 2 N–H and O–H groups in total. The fraction of sp³-hybridized carbons (Fsp3) is 0.545. The van der Waals surface area contributed by atoms with E-state index in [2.05, 4.69) is 20.9 Å². The molecular formula is C11H12BrF3N2O2. The van der Waals surface area contributed by atoms with Gasteiger partial charge in [0.25, 0.3) is 0 Å². The van der Waals surface area contributed by atoms with Crippen LogP contribution in [-0.2, 0) is 6.18 Å². The molecule has 0 radical (unpaired) electrons. The van der Waals surface area contributed by atoms with E-state index in [1.54, 1.807) is 4.90 Å². The van der Waals surface area contributed by atoms with Gasteiger partial charge in [0.2, 0.25) is 0 Å². The highest BCUT2D eigenvalue weighted by Crippen LogP contribution is 2.37. The van der Waals surface area contributed by atoms with Crippen LogP contribution in [0.1, 0.15) is 5.56 Å². The standard InChI is InChI=1S/C11H12BrF3N2O2/c12-9-7(11(13,14)15)1-2-8(16-9)17-3-10(4-17,5-18)6-19/h1-2,18-19H,3-6H2. The molecule has 0 aromatic carbocycles. The summed E-state index contributed by atoms with van der Waals surface area (Å²) in [7, 11) is 0. The van der Waals surface area contributed by atoms with Crippen molar-refractivity contribution in [2.24, 2.45) is 5.41 Å². The Morgan fingerprint density at radius 1 is 1.26 bits per heavy atom. The van der Waals surface area contributed by atoms with Crippen molar-refractivity contribution in [3.8, 4) is 0 Å². The highest BCUT2D eigenvalue weighted by molar-refractivity contribution is 9.10. The molecule has 2 rings (SSSR count). The van der Waals surface area contributed by atoms with Gasteiger partial charge in [-0.05, 0) is 28.1 Å². The van der Waals surface area contributed by atoms with E-state index in [0.717, 1.165) is 6.07 Å². The Labute approximate surface area is 116 Å². The largest absolute Gasteiger partial charge is 0.419 e. The van der Waals surface area contributed by atoms with Gasteiger partial charge < -0.3 is 15.1 Å². The summed E-state index contributed by atoms with van der Waals surface area (Å²) in [4.78, 5) is 5.56. The number of rotatable bonds is 3. The average molecular weight is 341 g/mol. The fourth-order valence-corrected chi connectivity index (χ4v) is 2.53. The van der Waals surface area contributed by atoms with Crippen LogP contribution in [-0.4, -0.2) is 41.5 Å². The molecule has 1 aliphatic rings. The lowest BCUT2D eigenvalue weighted by molar-refractivity contribution is -0.138. The Hall–Kier alpha value is -0.860. The minimum absolute atomic E-state index is 0.165. The molecule has 8 heteroatoms. The van der Waals surface area contributed by atoms with Gasteiger partial charge in [-0.15, -0.1) is 0 Å². The van der Waals surface area contributed by atoms with Crippen molar-refractivity contribution in [2.45, 2.75) is 6.18 Å². The van der Waals surface area contributed by atoms with Crippen LogP contribution in [0.15, 0.2) is 16.7 Å². The number of anilines is 1. The van der Waals surface area contributed by atoms with E-state index in [1.165, 1.54) is 6.07 Å². The maximum atomic E-state index is 12.6. The van der Waals surface area contributed by atoms with Crippen LogP contribution in [0.5, 0.6) is 0 Å². The molecule has 19 heavy (non-hydrogen) atoms. The lowest BCUT2D eigenvalue weighted by Crippen LogP contribution is -2.60. The molecule has 0 spiro atoms. The molecule has 0 unspecified atom stereocenters. The van der Waals surface area contributed by atoms with E-state index in [-0.39, 0.29) is 17.8 Å². The second kappa shape index (κ2) is 4.92. The predicted octanol–water partition coefficient (Wildman–Crippen LogP) is 1.65. The second-order valence-electron chi connectivity index (χ2n) is 4.68. The van der Waals surface area contributed by atoms with Crippen molar-refractivity contribution < 1.29 is 23.4 Å². The Bertz CT molecular complexity index is 469. The van der Waals surface area contributed by atoms with Gasteiger partial charge in [-0.3, -0.25) is 0 Å². The van der Waals surface area contributed by atoms with Crippen LogP contribution in [0.3, 0.4) is 0 Å². The number of nitrogens with zero attached hydrogens (tertiary/aromatic N) is 2. The number of aliphatic hydroxyl groups excluding tert-OH is 2. The third kappa shape index (κ3) is 2.70. The molecule has 0 saturated carbocycles. The van der Waals surface area contributed by atoms with Crippen LogP contribution in [0.4, 0.5) is 19.0 Å². The van der Waals surface area contributed by atoms with Crippen LogP contribution in [0.2, 0.25) is 0 Å². The van der Waals surface area contributed by atoms with E-state index >= 15 is 0 Å². The zero-order valence-corrected chi connectivity index (χ0v) is 11.4. The van der Waals surface area contributed by atoms with E-state index < -0.39 is 17.2 Å². The van der Waals surface area contributed by atoms with Crippen LogP contribution in [0.25, 0.3) is 0 Å². The van der Waals surface area contributed by atoms with E-state index in [4.69, 9.17) is 10.2 Å². The molecule has 0 amide bonds. The van der Waals surface area contributed by atoms with Crippen molar-refractivity contribution in [2.75, 3.05) is 31.2 Å². The van der Waals surface area contributed by atoms with Crippen molar-refractivity contribution in [1.82, 2.24) is 4.98 Å². The van der Waals surface area contributed by atoms with Gasteiger partial charge in [0.15, 0.2) is 0 Å². The van der Waals surface area contributed by atoms with E-state index in [0.29, 0.717) is 18.9 Å². The van der Waals surface area contributed by atoms with Gasteiger partial charge in [0.1, 0.15) is 10.4 Å². The topological polar surface area (TPSA) is 56.6 Å². The molecular weight excluding hydrogens is 329 g/mol. The first-order chi connectivity index (χ1) is 8.81. The number of hydrogen-bond acceptors (Lipinski definition) is 4. The number of hydrogen-bond donors (Lipinski definition) is 2. The van der Waals surface area contributed by atoms with Crippen LogP contribution in [0, 0.1) is 5.41 Å². The normalized spacial score (nSPS) is 18.3. The summed E-state index contributed by atoms with van der Waals surface area (Å²) >= 11 is 2.81. The van der Waals surface area contributed by atoms with Gasteiger partial charge in [-0.25, -0.2) is 4.98 Å². The molecule has 0 aliphatic carbocycles. The predicted molar refractivity (Wildman–Crippen MR) is 65.8 cm³/mol. The highest BCUT2D eigenvalue weighted by Gasteiger charge is 2.43. The maximum Gasteiger partial charge on any atom is 0.419 e. The van der Waals surface area contributed by atoms with Gasteiger partial charge in [-0.1, -0.05) is 0 Å². The molecule has 1 aliphatic heterocycles. The number of aliphatic hydroxyl groups is 2. The second-order valence-corrected chi connectivity index (χ2v) is 5.43. The maximum absolute atomic E-state index is 12.6. The summed E-state index contributed by atoms with van der Waals surface area (Å²) in [6.45, 7) is 0.402. The summed E-state index contributed by atoms with van der Waals surface area (Å²) in [5.41, 5.74) is -1.41. The Morgan fingerprint density at radius 2 is 1.84 bits per heavy atom. The van der Waals surface area contributed by atoms with Crippen molar-refractivity contribution >= 4 is 21.7 Å². The Balaban J connectivity index is 2.15. The van der Waals surface area contributed by atoms with Gasteiger partial charge in [-0.2, -0.15) is 13.2 Å². The molecule has 0 bridgehead atoms. The van der Waals surface area contributed by atoms with Crippen molar-refractivity contribution in [1.29, 1.82) is 0 Å². The summed E-state index contributed by atoms with van der Waals surface area (Å²) in [5.74, 6) is 0.386. The van der Waals surface area contributed by atoms with Crippen molar-refractivity contribution in [3.63, 3.8) is 0 Å². The smallest absolute Gasteiger partial charge is 0.396 e. The average Bonchev–Trinajstić information content (AvgIpc) is 2.27. The van der Waals surface area contributed by atoms with Crippen molar-refractivity contribution in [3.05, 3.63) is 22.3 Å². The van der Waals surface area contributed by atoms with E-state index in [9.17, 15) is 13.2 Å². The number of pyridine rings is 1. The molecule has 1 saturated heterocycles. The fourth-order valence-electron chi connectivity index (χ4n) is 1.99. The van der Waals surface area contributed by atoms with E-state index in [1.807, 2.05) is 0 Å². The molecule has 106 valence electrons. The van der Waals surface area contributed by atoms with Crippen LogP contribution >= 0.6 is 15.9 Å². The van der Waals surface area contributed by atoms with Gasteiger partial charge in [0.05, 0.1) is 24.2 Å². The summed E-state index contributed by atoms with van der Waals surface area (Å²) < 4.78 is 37.4. The summed E-state index contributed by atoms with van der Waals surface area (Å²) in [5, 5.41) is 18.3. The first kappa shape index (κ1) is 14.5. The molecule has 0 atom stereocenters.